The van der Waals surface area contributed by atoms with Crippen molar-refractivity contribution in [2.75, 3.05) is 6.54 Å². The molecule has 6 heteroatoms. The molecule has 2 heterocycles. The fraction of sp³-hybridized carbons (Fsp3) is 0.353. The van der Waals surface area contributed by atoms with Crippen molar-refractivity contribution in [3.63, 3.8) is 0 Å². The molecular weight excluding hydrogens is 296 g/mol. The Balaban J connectivity index is 1.66. The molecule has 0 radical (unpaired) electrons. The van der Waals surface area contributed by atoms with E-state index in [1.807, 2.05) is 12.1 Å². The fourth-order valence-electron chi connectivity index (χ4n) is 3.15. The van der Waals surface area contributed by atoms with Crippen molar-refractivity contribution in [3.05, 3.63) is 52.9 Å². The summed E-state index contributed by atoms with van der Waals surface area (Å²) in [5.74, 6) is -0.936. The van der Waals surface area contributed by atoms with Gasteiger partial charge in [0.25, 0.3) is 5.91 Å². The number of carboxylic acids is 1. The van der Waals surface area contributed by atoms with Crippen molar-refractivity contribution in [3.8, 4) is 0 Å². The Hall–Kier alpha value is -2.63. The van der Waals surface area contributed by atoms with Gasteiger partial charge >= 0.3 is 5.97 Å². The minimum Gasteiger partial charge on any atom is -0.479 e. The Labute approximate surface area is 132 Å². The van der Waals surface area contributed by atoms with E-state index in [1.54, 1.807) is 18.2 Å². The number of fused-ring (bicyclic) bond motifs is 1. The van der Waals surface area contributed by atoms with Crippen molar-refractivity contribution >= 4 is 11.9 Å². The lowest BCUT2D eigenvalue weighted by atomic mass is 9.92. The molecule has 1 fully saturated rings. The van der Waals surface area contributed by atoms with E-state index >= 15 is 0 Å². The molecule has 1 amide bonds. The minimum absolute atomic E-state index is 0.123. The Morgan fingerprint density at radius 1 is 1.26 bits per heavy atom. The highest BCUT2D eigenvalue weighted by atomic mass is 16.5. The number of amides is 1. The third-order valence-electron chi connectivity index (χ3n) is 4.51. The van der Waals surface area contributed by atoms with Gasteiger partial charge in [0.05, 0.1) is 5.69 Å². The summed E-state index contributed by atoms with van der Waals surface area (Å²) in [7, 11) is 0. The lowest BCUT2D eigenvalue weighted by molar-refractivity contribution is -0.143. The molecule has 0 spiro atoms. The number of rotatable bonds is 3. The summed E-state index contributed by atoms with van der Waals surface area (Å²) in [5.41, 5.74) is 2.43. The topological polar surface area (TPSA) is 83.6 Å². The van der Waals surface area contributed by atoms with Crippen LogP contribution in [0, 0.1) is 0 Å². The van der Waals surface area contributed by atoms with E-state index in [0.29, 0.717) is 24.4 Å². The Kier molecular flexibility index (Phi) is 3.18. The van der Waals surface area contributed by atoms with Gasteiger partial charge in [-0.15, -0.1) is 0 Å². The van der Waals surface area contributed by atoms with Crippen LogP contribution in [0.25, 0.3) is 0 Å². The van der Waals surface area contributed by atoms with Crippen LogP contribution in [-0.2, 0) is 11.2 Å². The molecule has 2 aliphatic rings. The zero-order valence-corrected chi connectivity index (χ0v) is 12.4. The van der Waals surface area contributed by atoms with E-state index in [4.69, 9.17) is 4.52 Å². The monoisotopic (exact) mass is 312 g/mol. The quantitative estimate of drug-likeness (QED) is 0.940. The second-order valence-electron chi connectivity index (χ2n) is 6.08. The lowest BCUT2D eigenvalue weighted by Gasteiger charge is -2.34. The van der Waals surface area contributed by atoms with Crippen LogP contribution in [0.3, 0.4) is 0 Å². The first kappa shape index (κ1) is 14.0. The Bertz CT molecular complexity index is 778. The van der Waals surface area contributed by atoms with Crippen LogP contribution in [0.15, 0.2) is 34.9 Å². The zero-order chi connectivity index (χ0) is 16.0. The van der Waals surface area contributed by atoms with Crippen molar-refractivity contribution in [1.82, 2.24) is 10.1 Å². The summed E-state index contributed by atoms with van der Waals surface area (Å²) in [6, 6.07) is 8.02. The molecule has 1 aliphatic heterocycles. The van der Waals surface area contributed by atoms with E-state index in [2.05, 4.69) is 5.16 Å². The first-order chi connectivity index (χ1) is 11.1. The van der Waals surface area contributed by atoms with Gasteiger partial charge in [-0.1, -0.05) is 29.4 Å². The number of aromatic nitrogens is 1. The predicted molar refractivity (Wildman–Crippen MR) is 80.0 cm³/mol. The van der Waals surface area contributed by atoms with Crippen LogP contribution < -0.4 is 0 Å². The van der Waals surface area contributed by atoms with Crippen LogP contribution in [0.5, 0.6) is 0 Å². The largest absolute Gasteiger partial charge is 0.479 e. The molecule has 1 aromatic carbocycles. The fourth-order valence-corrected chi connectivity index (χ4v) is 3.15. The van der Waals surface area contributed by atoms with Gasteiger partial charge in [-0.2, -0.15) is 0 Å². The smallest absolute Gasteiger partial charge is 0.331 e. The van der Waals surface area contributed by atoms with Crippen molar-refractivity contribution < 1.29 is 19.2 Å². The highest BCUT2D eigenvalue weighted by Gasteiger charge is 2.38. The Morgan fingerprint density at radius 3 is 2.78 bits per heavy atom. The normalized spacial score (nSPS) is 20.2. The SMILES string of the molecule is O=C(O)C1c2ccccc2CCN1C(=O)c1cc(C2CC2)no1. The summed E-state index contributed by atoms with van der Waals surface area (Å²) < 4.78 is 5.16. The maximum Gasteiger partial charge on any atom is 0.331 e. The number of carboxylic acid groups (broad SMARTS) is 1. The van der Waals surface area contributed by atoms with Gasteiger partial charge < -0.3 is 14.5 Å². The van der Waals surface area contributed by atoms with Crippen LogP contribution in [0.1, 0.15) is 52.2 Å². The predicted octanol–water partition coefficient (Wildman–Crippen LogP) is 2.38. The Morgan fingerprint density at radius 2 is 2.04 bits per heavy atom. The van der Waals surface area contributed by atoms with E-state index < -0.39 is 17.9 Å². The number of hydrogen-bond acceptors (Lipinski definition) is 4. The molecule has 1 N–H and O–H groups in total. The van der Waals surface area contributed by atoms with Crippen LogP contribution >= 0.6 is 0 Å². The number of carbonyl (C=O) groups is 2. The summed E-state index contributed by atoms with van der Waals surface area (Å²) in [5, 5.41) is 13.6. The average Bonchev–Trinajstić information content (AvgIpc) is 3.30. The first-order valence-electron chi connectivity index (χ1n) is 7.73. The average molecular weight is 312 g/mol. The van der Waals surface area contributed by atoms with Gasteiger partial charge in [0, 0.05) is 18.5 Å². The molecule has 0 saturated heterocycles. The van der Waals surface area contributed by atoms with Crippen molar-refractivity contribution in [2.45, 2.75) is 31.2 Å². The number of aliphatic carboxylic acids is 1. The molecule has 0 bridgehead atoms. The number of carbonyl (C=O) groups excluding carboxylic acids is 1. The number of nitrogens with zero attached hydrogens (tertiary/aromatic N) is 2. The van der Waals surface area contributed by atoms with Gasteiger partial charge in [-0.05, 0) is 30.4 Å². The zero-order valence-electron chi connectivity index (χ0n) is 12.4. The molecular formula is C17H16N2O4. The van der Waals surface area contributed by atoms with Crippen LogP contribution in [-0.4, -0.2) is 33.6 Å². The third-order valence-corrected chi connectivity index (χ3v) is 4.51. The lowest BCUT2D eigenvalue weighted by Crippen LogP contribution is -2.43. The molecule has 1 aromatic heterocycles. The maximum absolute atomic E-state index is 12.7. The van der Waals surface area contributed by atoms with Gasteiger partial charge in [-0.25, -0.2) is 4.79 Å². The molecule has 6 nitrogen and oxygen atoms in total. The second-order valence-corrected chi connectivity index (χ2v) is 6.08. The van der Waals surface area contributed by atoms with E-state index in [9.17, 15) is 14.7 Å². The second kappa shape index (κ2) is 5.22. The van der Waals surface area contributed by atoms with Gasteiger partial charge in [0.2, 0.25) is 5.76 Å². The molecule has 4 rings (SSSR count). The summed E-state index contributed by atoms with van der Waals surface area (Å²) in [6.45, 7) is 0.353. The minimum atomic E-state index is -1.03. The first-order valence-corrected chi connectivity index (χ1v) is 7.73. The maximum atomic E-state index is 12.7. The molecule has 1 saturated carbocycles. The molecule has 118 valence electrons. The van der Waals surface area contributed by atoms with Gasteiger partial charge in [0.15, 0.2) is 6.04 Å². The summed E-state index contributed by atoms with van der Waals surface area (Å²) in [6.07, 6.45) is 2.76. The summed E-state index contributed by atoms with van der Waals surface area (Å²) in [4.78, 5) is 25.8. The van der Waals surface area contributed by atoms with Crippen molar-refractivity contribution in [2.24, 2.45) is 0 Å². The van der Waals surface area contributed by atoms with Gasteiger partial charge in [0.1, 0.15) is 0 Å². The standard InChI is InChI=1S/C17H16N2O4/c20-16(14-9-13(18-23-14)11-5-6-11)19-8-7-10-3-1-2-4-12(10)15(19)17(21)22/h1-4,9,11,15H,5-8H2,(H,21,22). The van der Waals surface area contributed by atoms with Crippen LogP contribution in [0.2, 0.25) is 0 Å². The van der Waals surface area contributed by atoms with E-state index in [1.165, 1.54) is 4.90 Å². The van der Waals surface area contributed by atoms with Crippen LogP contribution in [0.4, 0.5) is 0 Å². The van der Waals surface area contributed by atoms with E-state index in [0.717, 1.165) is 24.1 Å². The molecule has 2 aromatic rings. The molecule has 1 unspecified atom stereocenters. The highest BCUT2D eigenvalue weighted by Crippen LogP contribution is 2.40. The van der Waals surface area contributed by atoms with Crippen molar-refractivity contribution in [1.29, 1.82) is 0 Å². The van der Waals surface area contributed by atoms with Gasteiger partial charge in [-0.3, -0.25) is 4.79 Å². The molecule has 1 atom stereocenters. The highest BCUT2D eigenvalue weighted by molar-refractivity contribution is 5.95. The van der Waals surface area contributed by atoms with E-state index in [-0.39, 0.29) is 5.76 Å². The summed E-state index contributed by atoms with van der Waals surface area (Å²) >= 11 is 0. The number of benzene rings is 1. The third kappa shape index (κ3) is 2.40. The molecule has 23 heavy (non-hydrogen) atoms. The molecule has 1 aliphatic carbocycles. The number of hydrogen-bond donors (Lipinski definition) is 1.